The van der Waals surface area contributed by atoms with E-state index in [4.69, 9.17) is 18.1 Å². The molecular formula is C17H38N4O8P2. The molecule has 0 radical (unpaired) electrons. The van der Waals surface area contributed by atoms with Crippen molar-refractivity contribution >= 4 is 27.0 Å². The van der Waals surface area contributed by atoms with Gasteiger partial charge in [0.15, 0.2) is 0 Å². The summed E-state index contributed by atoms with van der Waals surface area (Å²) in [5.41, 5.74) is 0. The van der Waals surface area contributed by atoms with Gasteiger partial charge in [0.05, 0.1) is 0 Å². The maximum atomic E-state index is 12.5. The summed E-state index contributed by atoms with van der Waals surface area (Å²) >= 11 is 0. The van der Waals surface area contributed by atoms with Crippen LogP contribution in [0.25, 0.3) is 0 Å². The number of hydrogen-bond donors (Lipinski definition) is 3. The molecular weight excluding hydrogens is 450 g/mol. The highest BCUT2D eigenvalue weighted by molar-refractivity contribution is 7.54. The lowest BCUT2D eigenvalue weighted by Gasteiger charge is -2.27. The minimum Gasteiger partial charge on any atom is -0.354 e. The molecule has 2 amide bonds. The summed E-state index contributed by atoms with van der Waals surface area (Å²) in [4.78, 5) is 25.2. The van der Waals surface area contributed by atoms with Gasteiger partial charge < -0.3 is 34.0 Å². The molecule has 31 heavy (non-hydrogen) atoms. The Balaban J connectivity index is 4.43. The summed E-state index contributed by atoms with van der Waals surface area (Å²) in [6.45, 7) is 4.35. The van der Waals surface area contributed by atoms with E-state index in [0.29, 0.717) is 39.0 Å². The Morgan fingerprint density at radius 2 is 1.23 bits per heavy atom. The van der Waals surface area contributed by atoms with Crippen molar-refractivity contribution in [3.05, 3.63) is 0 Å². The lowest BCUT2D eigenvalue weighted by molar-refractivity contribution is -0.122. The summed E-state index contributed by atoms with van der Waals surface area (Å²) in [6, 6.07) is 0. The van der Waals surface area contributed by atoms with Crippen LogP contribution in [-0.4, -0.2) is 90.4 Å². The first-order valence-corrected chi connectivity index (χ1v) is 13.5. The summed E-state index contributed by atoms with van der Waals surface area (Å²) in [5, 5.41) is 8.51. The smallest absolute Gasteiger partial charge is 0.344 e. The summed E-state index contributed by atoms with van der Waals surface area (Å²) in [6.07, 6.45) is 0.729. The summed E-state index contributed by atoms with van der Waals surface area (Å²) in [5.74, 6) is -0.266. The topological polar surface area (TPSA) is 145 Å². The van der Waals surface area contributed by atoms with Gasteiger partial charge in [-0.3, -0.25) is 23.6 Å². The first-order chi connectivity index (χ1) is 14.7. The molecule has 0 aliphatic rings. The third kappa shape index (κ3) is 14.0. The molecule has 184 valence electrons. The van der Waals surface area contributed by atoms with E-state index >= 15 is 0 Å². The maximum Gasteiger partial charge on any atom is 0.344 e. The highest BCUT2D eigenvalue weighted by Crippen LogP contribution is 2.51. The quantitative estimate of drug-likeness (QED) is 0.179. The maximum absolute atomic E-state index is 12.5. The van der Waals surface area contributed by atoms with Gasteiger partial charge >= 0.3 is 15.2 Å². The van der Waals surface area contributed by atoms with Crippen molar-refractivity contribution in [3.8, 4) is 0 Å². The van der Waals surface area contributed by atoms with E-state index in [9.17, 15) is 18.7 Å². The van der Waals surface area contributed by atoms with Crippen LogP contribution in [0.3, 0.4) is 0 Å². The fourth-order valence-electron chi connectivity index (χ4n) is 2.48. The molecule has 0 saturated carbocycles. The Kier molecular flexibility index (Phi) is 16.3. The molecule has 0 heterocycles. The molecule has 0 saturated heterocycles. The van der Waals surface area contributed by atoms with Crippen LogP contribution in [0.15, 0.2) is 0 Å². The minimum absolute atomic E-state index is 0.0766. The summed E-state index contributed by atoms with van der Waals surface area (Å²) in [7, 11) is -1.74. The Morgan fingerprint density at radius 3 is 1.65 bits per heavy atom. The third-order valence-electron chi connectivity index (χ3n) is 4.29. The SMILES string of the molecule is CCNCCC(=O)NCCNC(=O)CCCN(CP(=O)(OC)OC)CP(=O)(OC)OC. The molecule has 12 nitrogen and oxygen atoms in total. The van der Waals surface area contributed by atoms with Crippen LogP contribution in [-0.2, 0) is 36.8 Å². The van der Waals surface area contributed by atoms with E-state index in [1.807, 2.05) is 6.92 Å². The average Bonchev–Trinajstić information content (AvgIpc) is 2.76. The van der Waals surface area contributed by atoms with E-state index in [-0.39, 0.29) is 30.8 Å². The molecule has 14 heteroatoms. The van der Waals surface area contributed by atoms with Crippen LogP contribution < -0.4 is 16.0 Å². The Bertz CT molecular complexity index is 579. The predicted molar refractivity (Wildman–Crippen MR) is 118 cm³/mol. The van der Waals surface area contributed by atoms with Gasteiger partial charge in [-0.25, -0.2) is 0 Å². The van der Waals surface area contributed by atoms with Gasteiger partial charge in [0.1, 0.15) is 12.6 Å². The van der Waals surface area contributed by atoms with Gasteiger partial charge in [0, 0.05) is 60.9 Å². The van der Waals surface area contributed by atoms with Crippen molar-refractivity contribution in [2.24, 2.45) is 0 Å². The second-order valence-corrected chi connectivity index (χ2v) is 11.0. The molecule has 0 aliphatic heterocycles. The highest BCUT2D eigenvalue weighted by atomic mass is 31.2. The first kappa shape index (κ1) is 30.2. The highest BCUT2D eigenvalue weighted by Gasteiger charge is 2.31. The van der Waals surface area contributed by atoms with E-state index in [1.54, 1.807) is 4.90 Å². The van der Waals surface area contributed by atoms with Crippen LogP contribution in [0.4, 0.5) is 0 Å². The molecule has 0 rings (SSSR count). The van der Waals surface area contributed by atoms with Crippen molar-refractivity contribution in [2.45, 2.75) is 26.2 Å². The number of amides is 2. The average molecular weight is 488 g/mol. The third-order valence-corrected chi connectivity index (χ3v) is 8.00. The molecule has 0 unspecified atom stereocenters. The Hall–Kier alpha value is -0.840. The fourth-order valence-corrected chi connectivity index (χ4v) is 4.86. The van der Waals surface area contributed by atoms with E-state index in [1.165, 1.54) is 28.4 Å². The monoisotopic (exact) mass is 488 g/mol. The molecule has 0 aliphatic carbocycles. The van der Waals surface area contributed by atoms with Crippen LogP contribution >= 0.6 is 15.2 Å². The zero-order valence-electron chi connectivity index (χ0n) is 19.2. The summed E-state index contributed by atoms with van der Waals surface area (Å²) < 4.78 is 44.7. The molecule has 0 aromatic heterocycles. The van der Waals surface area contributed by atoms with Gasteiger partial charge in [-0.1, -0.05) is 6.92 Å². The van der Waals surface area contributed by atoms with E-state index in [2.05, 4.69) is 16.0 Å². The first-order valence-electron chi connectivity index (χ1n) is 10.0. The standard InChI is InChI=1S/C17H38N4O8P2/c1-6-18-10-9-17(23)20-12-11-19-16(22)8-7-13-21(14-30(24,26-2)27-3)15-31(25,28-4)29-5/h18H,6-15H2,1-5H3,(H,19,22)(H,20,23). The van der Waals surface area contributed by atoms with Crippen LogP contribution in [0.1, 0.15) is 26.2 Å². The van der Waals surface area contributed by atoms with Gasteiger partial charge in [-0.2, -0.15) is 0 Å². The number of nitrogens with zero attached hydrogens (tertiary/aromatic N) is 1. The number of hydrogen-bond acceptors (Lipinski definition) is 10. The minimum atomic E-state index is -3.40. The molecule has 0 aromatic rings. The lowest BCUT2D eigenvalue weighted by atomic mass is 10.3. The van der Waals surface area contributed by atoms with Gasteiger partial charge in [-0.15, -0.1) is 0 Å². The van der Waals surface area contributed by atoms with Crippen LogP contribution in [0, 0.1) is 0 Å². The van der Waals surface area contributed by atoms with Crippen molar-refractivity contribution in [3.63, 3.8) is 0 Å². The van der Waals surface area contributed by atoms with Gasteiger partial charge in [0.25, 0.3) is 0 Å². The Morgan fingerprint density at radius 1 is 0.774 bits per heavy atom. The van der Waals surface area contributed by atoms with Crippen molar-refractivity contribution in [2.75, 3.05) is 73.7 Å². The van der Waals surface area contributed by atoms with Crippen molar-refractivity contribution in [1.29, 1.82) is 0 Å². The lowest BCUT2D eigenvalue weighted by Crippen LogP contribution is -2.36. The number of rotatable bonds is 19. The van der Waals surface area contributed by atoms with Gasteiger partial charge in [0.2, 0.25) is 11.8 Å². The normalized spacial score (nSPS) is 12.2. The van der Waals surface area contributed by atoms with Crippen molar-refractivity contribution in [1.82, 2.24) is 20.9 Å². The van der Waals surface area contributed by atoms with Crippen molar-refractivity contribution < 1.29 is 36.8 Å². The molecule has 0 atom stereocenters. The van der Waals surface area contributed by atoms with E-state index in [0.717, 1.165) is 6.54 Å². The second kappa shape index (κ2) is 16.7. The molecule has 0 aromatic carbocycles. The molecule has 0 fully saturated rings. The molecule has 0 spiro atoms. The number of nitrogens with one attached hydrogen (secondary N) is 3. The van der Waals surface area contributed by atoms with Gasteiger partial charge in [-0.05, 0) is 19.5 Å². The zero-order chi connectivity index (χ0) is 23.8. The largest absolute Gasteiger partial charge is 0.354 e. The second-order valence-electron chi connectivity index (χ2n) is 6.54. The number of carbonyl (C=O) groups is 2. The fraction of sp³-hybridized carbons (Fsp3) is 0.882. The van der Waals surface area contributed by atoms with E-state index < -0.39 is 15.2 Å². The molecule has 3 N–H and O–H groups in total. The predicted octanol–water partition coefficient (Wildman–Crippen LogP) is 1.19. The van der Waals surface area contributed by atoms with Crippen LogP contribution in [0.5, 0.6) is 0 Å². The Labute approximate surface area is 185 Å². The number of carbonyl (C=O) groups excluding carboxylic acids is 2. The zero-order valence-corrected chi connectivity index (χ0v) is 21.0. The van der Waals surface area contributed by atoms with Crippen LogP contribution in [0.2, 0.25) is 0 Å². The molecule has 0 bridgehead atoms.